The zero-order valence-corrected chi connectivity index (χ0v) is 11.4. The molecule has 0 aliphatic rings. The standard InChI is InChI=1S/C13H14ClN3O2/c1-8-9(7-17(2)16-8)6-15-10-3-4-11(13(18)19)12(14)5-10/h3-5,7,15H,6H2,1-2H3,(H,18,19). The molecule has 5 nitrogen and oxygen atoms in total. The summed E-state index contributed by atoms with van der Waals surface area (Å²) < 4.78 is 1.76. The van der Waals surface area contributed by atoms with Gasteiger partial charge in [-0.05, 0) is 25.1 Å². The molecule has 0 fully saturated rings. The maximum Gasteiger partial charge on any atom is 0.337 e. The van der Waals surface area contributed by atoms with E-state index < -0.39 is 5.97 Å². The van der Waals surface area contributed by atoms with Crippen molar-refractivity contribution in [2.45, 2.75) is 13.5 Å². The number of aryl methyl sites for hydroxylation is 2. The number of hydrogen-bond acceptors (Lipinski definition) is 3. The van der Waals surface area contributed by atoms with Crippen molar-refractivity contribution in [3.63, 3.8) is 0 Å². The Labute approximate surface area is 115 Å². The van der Waals surface area contributed by atoms with Gasteiger partial charge in [0.05, 0.1) is 16.3 Å². The van der Waals surface area contributed by atoms with Gasteiger partial charge in [0.25, 0.3) is 0 Å². The highest BCUT2D eigenvalue weighted by Gasteiger charge is 2.09. The molecule has 0 radical (unpaired) electrons. The first-order valence-electron chi connectivity index (χ1n) is 5.73. The molecule has 0 bridgehead atoms. The fraction of sp³-hybridized carbons (Fsp3) is 0.231. The van der Waals surface area contributed by atoms with Gasteiger partial charge in [-0.25, -0.2) is 4.79 Å². The van der Waals surface area contributed by atoms with Crippen molar-refractivity contribution in [3.8, 4) is 0 Å². The highest BCUT2D eigenvalue weighted by molar-refractivity contribution is 6.33. The van der Waals surface area contributed by atoms with Gasteiger partial charge in [0.2, 0.25) is 0 Å². The lowest BCUT2D eigenvalue weighted by Crippen LogP contribution is -2.02. The second kappa shape index (κ2) is 5.32. The van der Waals surface area contributed by atoms with Gasteiger partial charge in [0.1, 0.15) is 0 Å². The van der Waals surface area contributed by atoms with E-state index in [1.807, 2.05) is 20.2 Å². The highest BCUT2D eigenvalue weighted by atomic mass is 35.5. The fourth-order valence-electron chi connectivity index (χ4n) is 1.82. The number of aromatic carboxylic acids is 1. The third-order valence-electron chi connectivity index (χ3n) is 2.80. The number of nitrogens with zero attached hydrogens (tertiary/aromatic N) is 2. The summed E-state index contributed by atoms with van der Waals surface area (Å²) in [4.78, 5) is 10.8. The van der Waals surface area contributed by atoms with Crippen molar-refractivity contribution in [3.05, 3.63) is 46.2 Å². The number of aromatic nitrogens is 2. The third-order valence-corrected chi connectivity index (χ3v) is 3.11. The summed E-state index contributed by atoms with van der Waals surface area (Å²) in [6.07, 6.45) is 1.94. The van der Waals surface area contributed by atoms with Crippen LogP contribution in [0.4, 0.5) is 5.69 Å². The summed E-state index contributed by atoms with van der Waals surface area (Å²) in [5, 5.41) is 16.6. The second-order valence-corrected chi connectivity index (χ2v) is 4.67. The Kier molecular flexibility index (Phi) is 3.76. The van der Waals surface area contributed by atoms with Gasteiger partial charge in [-0.2, -0.15) is 5.10 Å². The summed E-state index contributed by atoms with van der Waals surface area (Å²) in [7, 11) is 1.87. The lowest BCUT2D eigenvalue weighted by molar-refractivity contribution is 0.0697. The van der Waals surface area contributed by atoms with E-state index in [-0.39, 0.29) is 10.6 Å². The molecule has 0 saturated heterocycles. The van der Waals surface area contributed by atoms with Gasteiger partial charge >= 0.3 is 5.97 Å². The molecule has 2 rings (SSSR count). The van der Waals surface area contributed by atoms with E-state index in [4.69, 9.17) is 16.7 Å². The summed E-state index contributed by atoms with van der Waals surface area (Å²) in [5.41, 5.74) is 2.92. The number of halogens is 1. The van der Waals surface area contributed by atoms with Crippen molar-refractivity contribution in [2.75, 3.05) is 5.32 Å². The molecule has 2 N–H and O–H groups in total. The zero-order valence-electron chi connectivity index (χ0n) is 10.6. The number of anilines is 1. The van der Waals surface area contributed by atoms with Crippen molar-refractivity contribution in [1.82, 2.24) is 9.78 Å². The van der Waals surface area contributed by atoms with Crippen LogP contribution in [0.1, 0.15) is 21.6 Å². The first-order chi connectivity index (χ1) is 8.97. The monoisotopic (exact) mass is 279 g/mol. The number of nitrogens with one attached hydrogen (secondary N) is 1. The van der Waals surface area contributed by atoms with Crippen LogP contribution >= 0.6 is 11.6 Å². The molecule has 0 aliphatic carbocycles. The summed E-state index contributed by atoms with van der Waals surface area (Å²) in [6.45, 7) is 2.56. The molecular weight excluding hydrogens is 266 g/mol. The first-order valence-corrected chi connectivity index (χ1v) is 6.11. The van der Waals surface area contributed by atoms with E-state index in [1.54, 1.807) is 16.8 Å². The van der Waals surface area contributed by atoms with Crippen molar-refractivity contribution in [2.24, 2.45) is 7.05 Å². The second-order valence-electron chi connectivity index (χ2n) is 4.27. The molecule has 19 heavy (non-hydrogen) atoms. The molecule has 0 aliphatic heterocycles. The number of carboxylic acid groups (broad SMARTS) is 1. The molecular formula is C13H14ClN3O2. The van der Waals surface area contributed by atoms with E-state index in [0.717, 1.165) is 16.9 Å². The predicted octanol–water partition coefficient (Wildman–Crippen LogP) is 2.69. The van der Waals surface area contributed by atoms with Gasteiger partial charge in [-0.3, -0.25) is 4.68 Å². The summed E-state index contributed by atoms with van der Waals surface area (Å²) in [5.74, 6) is -1.03. The van der Waals surface area contributed by atoms with Crippen molar-refractivity contribution >= 4 is 23.3 Å². The van der Waals surface area contributed by atoms with Crippen molar-refractivity contribution < 1.29 is 9.90 Å². The van der Waals surface area contributed by atoms with Crippen LogP contribution in [0, 0.1) is 6.92 Å². The molecule has 6 heteroatoms. The van der Waals surface area contributed by atoms with Gasteiger partial charge in [0.15, 0.2) is 0 Å². The van der Waals surface area contributed by atoms with Gasteiger partial charge in [-0.15, -0.1) is 0 Å². The van der Waals surface area contributed by atoms with Crippen LogP contribution in [0.2, 0.25) is 5.02 Å². The molecule has 0 spiro atoms. The van der Waals surface area contributed by atoms with Crippen LogP contribution in [0.25, 0.3) is 0 Å². The lowest BCUT2D eigenvalue weighted by atomic mass is 10.2. The molecule has 0 saturated carbocycles. The molecule has 0 amide bonds. The zero-order chi connectivity index (χ0) is 14.0. The number of hydrogen-bond donors (Lipinski definition) is 2. The lowest BCUT2D eigenvalue weighted by Gasteiger charge is -2.07. The van der Waals surface area contributed by atoms with E-state index >= 15 is 0 Å². The number of rotatable bonds is 4. The average molecular weight is 280 g/mol. The van der Waals surface area contributed by atoms with E-state index in [9.17, 15) is 4.79 Å². The average Bonchev–Trinajstić information content (AvgIpc) is 2.65. The predicted molar refractivity (Wildman–Crippen MR) is 73.7 cm³/mol. The van der Waals surface area contributed by atoms with E-state index in [0.29, 0.717) is 6.54 Å². The maximum absolute atomic E-state index is 10.8. The summed E-state index contributed by atoms with van der Waals surface area (Å²) in [6, 6.07) is 4.79. The first kappa shape index (κ1) is 13.4. The maximum atomic E-state index is 10.8. The fourth-order valence-corrected chi connectivity index (χ4v) is 2.08. The van der Waals surface area contributed by atoms with Crippen LogP contribution < -0.4 is 5.32 Å². The molecule has 1 aromatic heterocycles. The summed E-state index contributed by atoms with van der Waals surface area (Å²) >= 11 is 5.90. The van der Waals surface area contributed by atoms with Crippen LogP contribution in [-0.4, -0.2) is 20.9 Å². The Morgan fingerprint density at radius 3 is 2.79 bits per heavy atom. The molecule has 100 valence electrons. The van der Waals surface area contributed by atoms with Crippen LogP contribution in [0.3, 0.4) is 0 Å². The van der Waals surface area contributed by atoms with E-state index in [2.05, 4.69) is 10.4 Å². The normalized spacial score (nSPS) is 10.5. The number of benzene rings is 1. The van der Waals surface area contributed by atoms with Crippen LogP contribution in [0.15, 0.2) is 24.4 Å². The molecule has 2 aromatic rings. The minimum atomic E-state index is -1.03. The minimum Gasteiger partial charge on any atom is -0.478 e. The smallest absolute Gasteiger partial charge is 0.337 e. The van der Waals surface area contributed by atoms with Gasteiger partial charge in [0, 0.05) is 31.0 Å². The van der Waals surface area contributed by atoms with Gasteiger partial charge < -0.3 is 10.4 Å². The largest absolute Gasteiger partial charge is 0.478 e. The Morgan fingerprint density at radius 1 is 1.53 bits per heavy atom. The van der Waals surface area contributed by atoms with Gasteiger partial charge in [-0.1, -0.05) is 11.6 Å². The Morgan fingerprint density at radius 2 is 2.26 bits per heavy atom. The van der Waals surface area contributed by atoms with Crippen LogP contribution in [-0.2, 0) is 13.6 Å². The third kappa shape index (κ3) is 3.06. The Bertz CT molecular complexity index is 622. The quantitative estimate of drug-likeness (QED) is 0.903. The SMILES string of the molecule is Cc1nn(C)cc1CNc1ccc(C(=O)O)c(Cl)c1. The molecule has 1 aromatic carbocycles. The number of carbonyl (C=O) groups is 1. The Balaban J connectivity index is 2.10. The van der Waals surface area contributed by atoms with E-state index in [1.165, 1.54) is 6.07 Å². The highest BCUT2D eigenvalue weighted by Crippen LogP contribution is 2.21. The molecule has 0 unspecified atom stereocenters. The Hall–Kier alpha value is -2.01. The molecule has 0 atom stereocenters. The van der Waals surface area contributed by atoms with Crippen molar-refractivity contribution in [1.29, 1.82) is 0 Å². The number of carboxylic acids is 1. The molecule has 1 heterocycles. The van der Waals surface area contributed by atoms with Crippen LogP contribution in [0.5, 0.6) is 0 Å². The minimum absolute atomic E-state index is 0.102. The topological polar surface area (TPSA) is 67.2 Å².